The molecule has 25 heavy (non-hydrogen) atoms. The van der Waals surface area contributed by atoms with E-state index in [0.29, 0.717) is 17.7 Å². The van der Waals surface area contributed by atoms with Gasteiger partial charge in [0, 0.05) is 17.5 Å². The topological polar surface area (TPSA) is 68.5 Å². The number of furan rings is 1. The highest BCUT2D eigenvalue weighted by molar-refractivity contribution is 5.97. The molecule has 5 heteroatoms. The van der Waals surface area contributed by atoms with Crippen LogP contribution in [0.25, 0.3) is 11.0 Å². The molecule has 0 saturated heterocycles. The number of amides is 1. The molecule has 1 atom stereocenters. The van der Waals surface area contributed by atoms with E-state index >= 15 is 0 Å². The Balaban J connectivity index is 1.63. The highest BCUT2D eigenvalue weighted by atomic mass is 16.6. The Morgan fingerprint density at radius 2 is 1.76 bits per heavy atom. The molecule has 1 aromatic heterocycles. The number of esters is 1. The highest BCUT2D eigenvalue weighted by Crippen LogP contribution is 2.25. The van der Waals surface area contributed by atoms with Crippen LogP contribution in [-0.2, 0) is 16.1 Å². The molecule has 3 aromatic rings. The molecule has 0 radical (unpaired) electrons. The number of ether oxygens (including phenoxy) is 1. The number of rotatable bonds is 5. The second-order valence-electron chi connectivity index (χ2n) is 5.80. The number of benzene rings is 2. The Labute approximate surface area is 145 Å². The smallest absolute Gasteiger partial charge is 0.375 e. The highest BCUT2D eigenvalue weighted by Gasteiger charge is 2.23. The monoisotopic (exact) mass is 337 g/mol. The molecule has 0 aliphatic carbocycles. The zero-order chi connectivity index (χ0) is 17.8. The summed E-state index contributed by atoms with van der Waals surface area (Å²) in [7, 11) is 0. The number of para-hydroxylation sites is 1. The SMILES string of the molecule is Cc1c(C(=O)O[C@H](C)C(=O)NCc2ccccc2)oc2ccccc12. The summed E-state index contributed by atoms with van der Waals surface area (Å²) < 4.78 is 10.8. The van der Waals surface area contributed by atoms with Crippen molar-refractivity contribution >= 4 is 22.8 Å². The summed E-state index contributed by atoms with van der Waals surface area (Å²) in [6.07, 6.45) is -0.913. The second kappa shape index (κ2) is 7.21. The van der Waals surface area contributed by atoms with Crippen LogP contribution < -0.4 is 5.32 Å². The largest absolute Gasteiger partial charge is 0.449 e. The summed E-state index contributed by atoms with van der Waals surface area (Å²) in [4.78, 5) is 24.4. The normalized spacial score (nSPS) is 11.9. The molecule has 0 aliphatic rings. The van der Waals surface area contributed by atoms with Crippen molar-refractivity contribution in [1.82, 2.24) is 5.32 Å². The lowest BCUT2D eigenvalue weighted by Gasteiger charge is -2.13. The minimum absolute atomic E-state index is 0.129. The Morgan fingerprint density at radius 1 is 1.08 bits per heavy atom. The molecule has 0 spiro atoms. The molecular weight excluding hydrogens is 318 g/mol. The van der Waals surface area contributed by atoms with E-state index in [0.717, 1.165) is 10.9 Å². The van der Waals surface area contributed by atoms with E-state index < -0.39 is 12.1 Å². The maximum Gasteiger partial charge on any atom is 0.375 e. The van der Waals surface area contributed by atoms with Gasteiger partial charge in [0.1, 0.15) is 5.58 Å². The van der Waals surface area contributed by atoms with E-state index in [-0.39, 0.29) is 11.7 Å². The third-order valence-corrected chi connectivity index (χ3v) is 3.99. The van der Waals surface area contributed by atoms with Crippen molar-refractivity contribution < 1.29 is 18.7 Å². The van der Waals surface area contributed by atoms with Crippen LogP contribution in [0, 0.1) is 6.92 Å². The molecule has 1 amide bonds. The van der Waals surface area contributed by atoms with E-state index in [4.69, 9.17) is 9.15 Å². The first kappa shape index (κ1) is 16.8. The zero-order valence-corrected chi connectivity index (χ0v) is 14.1. The van der Waals surface area contributed by atoms with Gasteiger partial charge in [-0.05, 0) is 25.5 Å². The summed E-state index contributed by atoms with van der Waals surface area (Å²) in [6.45, 7) is 3.71. The van der Waals surface area contributed by atoms with E-state index in [9.17, 15) is 9.59 Å². The number of carbonyl (C=O) groups is 2. The molecule has 2 aromatic carbocycles. The van der Waals surface area contributed by atoms with Crippen molar-refractivity contribution in [2.24, 2.45) is 0 Å². The van der Waals surface area contributed by atoms with E-state index in [1.807, 2.05) is 48.5 Å². The third kappa shape index (κ3) is 3.71. The molecule has 5 nitrogen and oxygen atoms in total. The van der Waals surface area contributed by atoms with Crippen molar-refractivity contribution in [2.45, 2.75) is 26.5 Å². The number of aryl methyl sites for hydroxylation is 1. The number of hydrogen-bond donors (Lipinski definition) is 1. The van der Waals surface area contributed by atoms with Crippen LogP contribution in [0.1, 0.15) is 28.6 Å². The van der Waals surface area contributed by atoms with Gasteiger partial charge in [-0.25, -0.2) is 4.79 Å². The second-order valence-corrected chi connectivity index (χ2v) is 5.80. The van der Waals surface area contributed by atoms with E-state index in [1.54, 1.807) is 13.0 Å². The van der Waals surface area contributed by atoms with Crippen molar-refractivity contribution in [2.75, 3.05) is 0 Å². The van der Waals surface area contributed by atoms with Crippen molar-refractivity contribution in [1.29, 1.82) is 0 Å². The summed E-state index contributed by atoms with van der Waals surface area (Å²) in [5.74, 6) is -0.870. The van der Waals surface area contributed by atoms with Gasteiger partial charge in [0.15, 0.2) is 6.10 Å². The van der Waals surface area contributed by atoms with Gasteiger partial charge >= 0.3 is 5.97 Å². The van der Waals surface area contributed by atoms with Crippen molar-refractivity contribution in [3.05, 3.63) is 71.5 Å². The molecule has 128 valence electrons. The van der Waals surface area contributed by atoms with Gasteiger partial charge < -0.3 is 14.5 Å². The molecule has 0 bridgehead atoms. The van der Waals surface area contributed by atoms with E-state index in [2.05, 4.69) is 5.32 Å². The number of hydrogen-bond acceptors (Lipinski definition) is 4. The first-order valence-corrected chi connectivity index (χ1v) is 8.07. The van der Waals surface area contributed by atoms with Crippen LogP contribution in [0.2, 0.25) is 0 Å². The van der Waals surface area contributed by atoms with Crippen LogP contribution in [-0.4, -0.2) is 18.0 Å². The number of nitrogens with one attached hydrogen (secondary N) is 1. The lowest BCUT2D eigenvalue weighted by molar-refractivity contribution is -0.129. The third-order valence-electron chi connectivity index (χ3n) is 3.99. The fourth-order valence-corrected chi connectivity index (χ4v) is 2.57. The van der Waals surface area contributed by atoms with Gasteiger partial charge in [0.05, 0.1) is 0 Å². The van der Waals surface area contributed by atoms with Gasteiger partial charge in [0.2, 0.25) is 5.76 Å². The Morgan fingerprint density at radius 3 is 2.48 bits per heavy atom. The summed E-state index contributed by atoms with van der Waals surface area (Å²) in [6, 6.07) is 16.9. The minimum atomic E-state index is -0.913. The summed E-state index contributed by atoms with van der Waals surface area (Å²) >= 11 is 0. The Kier molecular flexibility index (Phi) is 4.84. The molecule has 0 saturated carbocycles. The predicted molar refractivity (Wildman–Crippen MR) is 94.1 cm³/mol. The number of carbonyl (C=O) groups excluding carboxylic acids is 2. The van der Waals surface area contributed by atoms with Gasteiger partial charge in [-0.2, -0.15) is 0 Å². The van der Waals surface area contributed by atoms with Crippen LogP contribution in [0.5, 0.6) is 0 Å². The van der Waals surface area contributed by atoms with Crippen LogP contribution in [0.15, 0.2) is 59.0 Å². The summed E-state index contributed by atoms with van der Waals surface area (Å²) in [5, 5.41) is 3.61. The Bertz CT molecular complexity index is 898. The van der Waals surface area contributed by atoms with Crippen LogP contribution in [0.3, 0.4) is 0 Å². The average molecular weight is 337 g/mol. The first-order chi connectivity index (χ1) is 12.1. The standard InChI is InChI=1S/C20H19NO4/c1-13-16-10-6-7-11-17(16)25-18(13)20(23)24-14(2)19(22)21-12-15-8-4-3-5-9-15/h3-11,14H,12H2,1-2H3,(H,21,22)/t14-/m1/s1. The van der Waals surface area contributed by atoms with E-state index in [1.165, 1.54) is 6.92 Å². The molecule has 3 rings (SSSR count). The van der Waals surface area contributed by atoms with Crippen molar-refractivity contribution in [3.8, 4) is 0 Å². The quantitative estimate of drug-likeness (QED) is 0.722. The van der Waals surface area contributed by atoms with Gasteiger partial charge in [0.25, 0.3) is 5.91 Å². The van der Waals surface area contributed by atoms with Crippen LogP contribution >= 0.6 is 0 Å². The molecule has 0 fully saturated rings. The van der Waals surface area contributed by atoms with Gasteiger partial charge in [-0.1, -0.05) is 48.5 Å². The maximum atomic E-state index is 12.3. The molecular formula is C20H19NO4. The molecule has 1 N–H and O–H groups in total. The maximum absolute atomic E-state index is 12.3. The van der Waals surface area contributed by atoms with Crippen LogP contribution in [0.4, 0.5) is 0 Å². The Hall–Kier alpha value is -3.08. The number of fused-ring (bicyclic) bond motifs is 1. The molecule has 0 aliphatic heterocycles. The van der Waals surface area contributed by atoms with Gasteiger partial charge in [-0.15, -0.1) is 0 Å². The first-order valence-electron chi connectivity index (χ1n) is 8.07. The zero-order valence-electron chi connectivity index (χ0n) is 14.1. The predicted octanol–water partition coefficient (Wildman–Crippen LogP) is 3.60. The molecule has 1 heterocycles. The fraction of sp³-hybridized carbons (Fsp3) is 0.200. The minimum Gasteiger partial charge on any atom is -0.449 e. The average Bonchev–Trinajstić information content (AvgIpc) is 2.97. The van der Waals surface area contributed by atoms with Crippen molar-refractivity contribution in [3.63, 3.8) is 0 Å². The lowest BCUT2D eigenvalue weighted by atomic mass is 10.1. The summed E-state index contributed by atoms with van der Waals surface area (Å²) in [5.41, 5.74) is 2.30. The lowest BCUT2D eigenvalue weighted by Crippen LogP contribution is -2.35. The molecule has 0 unspecified atom stereocenters. The van der Waals surface area contributed by atoms with Gasteiger partial charge in [-0.3, -0.25) is 4.79 Å². The fourth-order valence-electron chi connectivity index (χ4n) is 2.57.